The van der Waals surface area contributed by atoms with Crippen LogP contribution in [0.1, 0.15) is 15.9 Å². The Morgan fingerprint density at radius 1 is 1.56 bits per heavy atom. The van der Waals surface area contributed by atoms with Gasteiger partial charge in [0.1, 0.15) is 10.6 Å². The van der Waals surface area contributed by atoms with E-state index in [9.17, 15) is 14.9 Å². The molecule has 0 aliphatic heterocycles. The van der Waals surface area contributed by atoms with Crippen LogP contribution in [0.3, 0.4) is 0 Å². The Morgan fingerprint density at radius 2 is 2.17 bits per heavy atom. The van der Waals surface area contributed by atoms with Crippen molar-refractivity contribution in [3.05, 3.63) is 50.0 Å². The van der Waals surface area contributed by atoms with E-state index in [2.05, 4.69) is 11.9 Å². The molecule has 1 N–H and O–H groups in total. The molecule has 18 heavy (non-hydrogen) atoms. The smallest absolute Gasteiger partial charge is 0.300 e. The lowest BCUT2D eigenvalue weighted by atomic mass is 10.1. The van der Waals surface area contributed by atoms with Gasteiger partial charge in [-0.25, -0.2) is 0 Å². The molecule has 5 nitrogen and oxygen atoms in total. The van der Waals surface area contributed by atoms with Gasteiger partial charge in [-0.2, -0.15) is 0 Å². The average Bonchev–Trinajstić information content (AvgIpc) is 2.29. The minimum Gasteiger partial charge on any atom is -0.348 e. The quantitative estimate of drug-likeness (QED) is 0.526. The summed E-state index contributed by atoms with van der Waals surface area (Å²) in [6.07, 6.45) is 1.46. The lowest BCUT2D eigenvalue weighted by Gasteiger charge is -2.09. The molecule has 0 saturated heterocycles. The van der Waals surface area contributed by atoms with Crippen LogP contribution in [-0.4, -0.2) is 17.4 Å². The molecule has 0 spiro atoms. The van der Waals surface area contributed by atoms with Gasteiger partial charge in [0.15, 0.2) is 0 Å². The van der Waals surface area contributed by atoms with Crippen molar-refractivity contribution in [1.29, 1.82) is 0 Å². The first-order valence-electron chi connectivity index (χ1n) is 4.92. The fourth-order valence-corrected chi connectivity index (χ4v) is 1.95. The van der Waals surface area contributed by atoms with E-state index in [1.807, 2.05) is 0 Å². The number of amides is 1. The molecule has 1 amide bonds. The van der Waals surface area contributed by atoms with Crippen molar-refractivity contribution in [2.45, 2.75) is 6.92 Å². The molecule has 0 atom stereocenters. The van der Waals surface area contributed by atoms with E-state index >= 15 is 0 Å². The predicted octanol–water partition coefficient (Wildman–Crippen LogP) is 3.13. The topological polar surface area (TPSA) is 72.2 Å². The number of nitro benzene ring substituents is 1. The molecular formula is C11H10Cl2N2O3. The maximum atomic E-state index is 11.9. The van der Waals surface area contributed by atoms with Crippen molar-refractivity contribution in [3.63, 3.8) is 0 Å². The number of nitro groups is 1. The lowest BCUT2D eigenvalue weighted by molar-refractivity contribution is -0.385. The molecule has 0 aliphatic rings. The molecule has 0 aromatic heterocycles. The van der Waals surface area contributed by atoms with Gasteiger partial charge in [0.25, 0.3) is 5.91 Å². The van der Waals surface area contributed by atoms with Crippen LogP contribution in [0.5, 0.6) is 0 Å². The summed E-state index contributed by atoms with van der Waals surface area (Å²) in [6, 6.07) is 1.25. The van der Waals surface area contributed by atoms with Crippen LogP contribution in [0.4, 0.5) is 5.69 Å². The molecule has 0 fully saturated rings. The molecule has 0 heterocycles. The van der Waals surface area contributed by atoms with Gasteiger partial charge in [-0.15, -0.1) is 6.58 Å². The Kier molecular flexibility index (Phi) is 4.69. The summed E-state index contributed by atoms with van der Waals surface area (Å²) in [6.45, 7) is 5.16. The second kappa shape index (κ2) is 5.84. The van der Waals surface area contributed by atoms with E-state index in [0.717, 1.165) is 0 Å². The molecule has 1 aromatic carbocycles. The van der Waals surface area contributed by atoms with Gasteiger partial charge in [0.05, 0.1) is 4.92 Å². The molecule has 96 valence electrons. The summed E-state index contributed by atoms with van der Waals surface area (Å²) in [4.78, 5) is 22.1. The van der Waals surface area contributed by atoms with Gasteiger partial charge < -0.3 is 5.32 Å². The van der Waals surface area contributed by atoms with Crippen LogP contribution in [-0.2, 0) is 0 Å². The number of hydrogen-bond donors (Lipinski definition) is 1. The van der Waals surface area contributed by atoms with Gasteiger partial charge in [-0.3, -0.25) is 14.9 Å². The third kappa shape index (κ3) is 2.80. The van der Waals surface area contributed by atoms with Crippen molar-refractivity contribution in [2.24, 2.45) is 0 Å². The first kappa shape index (κ1) is 14.5. The van der Waals surface area contributed by atoms with E-state index in [4.69, 9.17) is 23.2 Å². The zero-order valence-electron chi connectivity index (χ0n) is 9.50. The zero-order chi connectivity index (χ0) is 13.9. The van der Waals surface area contributed by atoms with Gasteiger partial charge in [0, 0.05) is 11.6 Å². The fourth-order valence-electron chi connectivity index (χ4n) is 1.41. The molecule has 0 saturated carbocycles. The van der Waals surface area contributed by atoms with Gasteiger partial charge in [-0.1, -0.05) is 29.3 Å². The number of hydrogen-bond acceptors (Lipinski definition) is 3. The molecule has 1 rings (SSSR count). The Balaban J connectivity index is 3.43. The maximum Gasteiger partial charge on any atom is 0.300 e. The third-order valence-electron chi connectivity index (χ3n) is 2.27. The Bertz CT molecular complexity index is 530. The largest absolute Gasteiger partial charge is 0.348 e. The Labute approximate surface area is 114 Å². The second-order valence-corrected chi connectivity index (χ2v) is 4.26. The molecule has 0 unspecified atom stereocenters. The van der Waals surface area contributed by atoms with Crippen molar-refractivity contribution in [1.82, 2.24) is 5.32 Å². The molecule has 0 bridgehead atoms. The van der Waals surface area contributed by atoms with Gasteiger partial charge >= 0.3 is 5.69 Å². The summed E-state index contributed by atoms with van der Waals surface area (Å²) in [5.41, 5.74) is -0.256. The third-order valence-corrected chi connectivity index (χ3v) is 2.95. The normalized spacial score (nSPS) is 9.94. The minimum atomic E-state index is -0.700. The van der Waals surface area contributed by atoms with Crippen LogP contribution in [0.2, 0.25) is 10.0 Å². The Morgan fingerprint density at radius 3 is 2.67 bits per heavy atom. The van der Waals surface area contributed by atoms with Crippen molar-refractivity contribution >= 4 is 34.8 Å². The SMILES string of the molecule is C=CCNC(=O)c1c(C)c(Cl)cc(Cl)c1[N+](=O)[O-]. The van der Waals surface area contributed by atoms with Gasteiger partial charge in [-0.05, 0) is 18.6 Å². The van der Waals surface area contributed by atoms with E-state index in [1.165, 1.54) is 19.1 Å². The molecule has 0 aliphatic carbocycles. The monoisotopic (exact) mass is 288 g/mol. The van der Waals surface area contributed by atoms with Gasteiger partial charge in [0.2, 0.25) is 0 Å². The zero-order valence-corrected chi connectivity index (χ0v) is 11.0. The van der Waals surface area contributed by atoms with Crippen LogP contribution in [0, 0.1) is 17.0 Å². The van der Waals surface area contributed by atoms with Crippen molar-refractivity contribution in [2.75, 3.05) is 6.54 Å². The number of rotatable bonds is 4. The first-order chi connectivity index (χ1) is 8.40. The first-order valence-corrected chi connectivity index (χ1v) is 5.67. The highest BCUT2D eigenvalue weighted by atomic mass is 35.5. The fraction of sp³-hybridized carbons (Fsp3) is 0.182. The highest BCUT2D eigenvalue weighted by molar-refractivity contribution is 6.37. The molecule has 1 aromatic rings. The van der Waals surface area contributed by atoms with E-state index in [1.54, 1.807) is 0 Å². The highest BCUT2D eigenvalue weighted by Crippen LogP contribution is 2.35. The number of benzene rings is 1. The van der Waals surface area contributed by atoms with Crippen LogP contribution >= 0.6 is 23.2 Å². The summed E-state index contributed by atoms with van der Waals surface area (Å²) in [7, 11) is 0. The number of nitrogens with zero attached hydrogens (tertiary/aromatic N) is 1. The van der Waals surface area contributed by atoms with Crippen molar-refractivity contribution in [3.8, 4) is 0 Å². The van der Waals surface area contributed by atoms with Crippen molar-refractivity contribution < 1.29 is 9.72 Å². The second-order valence-electron chi connectivity index (χ2n) is 3.44. The van der Waals surface area contributed by atoms with E-state index < -0.39 is 16.5 Å². The molecular weight excluding hydrogens is 279 g/mol. The minimum absolute atomic E-state index is 0.126. The van der Waals surface area contributed by atoms with E-state index in [-0.39, 0.29) is 22.2 Å². The summed E-state index contributed by atoms with van der Waals surface area (Å²) >= 11 is 11.6. The highest BCUT2D eigenvalue weighted by Gasteiger charge is 2.27. The summed E-state index contributed by atoms with van der Waals surface area (Å²) in [5.74, 6) is -0.608. The number of halogens is 2. The number of carbonyl (C=O) groups is 1. The molecule has 7 heteroatoms. The van der Waals surface area contributed by atoms with Crippen LogP contribution in [0.15, 0.2) is 18.7 Å². The Hall–Kier alpha value is -1.59. The number of nitrogens with one attached hydrogen (secondary N) is 1. The summed E-state index contributed by atoms with van der Waals surface area (Å²) < 4.78 is 0. The number of carbonyl (C=O) groups excluding carboxylic acids is 1. The standard InChI is InChI=1S/C11H10Cl2N2O3/c1-3-4-14-11(16)9-6(2)7(12)5-8(13)10(9)15(17)18/h3,5H,1,4H2,2H3,(H,14,16). The predicted molar refractivity (Wildman–Crippen MR) is 70.4 cm³/mol. The average molecular weight is 289 g/mol. The van der Waals surface area contributed by atoms with E-state index in [0.29, 0.717) is 5.56 Å². The van der Waals surface area contributed by atoms with Crippen LogP contribution < -0.4 is 5.32 Å². The molecule has 0 radical (unpaired) electrons. The lowest BCUT2D eigenvalue weighted by Crippen LogP contribution is -2.25. The van der Waals surface area contributed by atoms with Crippen LogP contribution in [0.25, 0.3) is 0 Å². The summed E-state index contributed by atoms with van der Waals surface area (Å²) in [5, 5.41) is 13.5. The maximum absolute atomic E-state index is 11.9.